The highest BCUT2D eigenvalue weighted by Gasteiger charge is 2.16. The molecular formula is C16H24BrN3S. The smallest absolute Gasteiger partial charge is 0.0738 e. The van der Waals surface area contributed by atoms with Gasteiger partial charge < -0.3 is 5.32 Å². The van der Waals surface area contributed by atoms with Crippen molar-refractivity contribution in [2.45, 2.75) is 52.1 Å². The molecule has 0 bridgehead atoms. The molecule has 0 spiro atoms. The van der Waals surface area contributed by atoms with Crippen LogP contribution in [0.4, 0.5) is 0 Å². The maximum absolute atomic E-state index is 4.58. The van der Waals surface area contributed by atoms with E-state index < -0.39 is 0 Å². The van der Waals surface area contributed by atoms with E-state index in [0.29, 0.717) is 6.04 Å². The number of aryl methyl sites for hydroxylation is 3. The summed E-state index contributed by atoms with van der Waals surface area (Å²) in [6.45, 7) is 5.13. The van der Waals surface area contributed by atoms with Crippen molar-refractivity contribution in [3.8, 4) is 0 Å². The first-order valence-electron chi connectivity index (χ1n) is 7.57. The van der Waals surface area contributed by atoms with Crippen molar-refractivity contribution in [3.05, 3.63) is 38.3 Å². The normalized spacial score (nSPS) is 12.8. The Morgan fingerprint density at radius 3 is 2.90 bits per heavy atom. The van der Waals surface area contributed by atoms with E-state index in [9.17, 15) is 0 Å². The van der Waals surface area contributed by atoms with Crippen LogP contribution >= 0.6 is 27.3 Å². The molecule has 0 fully saturated rings. The molecule has 0 aliphatic heterocycles. The van der Waals surface area contributed by atoms with Gasteiger partial charge in [0.25, 0.3) is 0 Å². The average Bonchev–Trinajstić information content (AvgIpc) is 3.09. The van der Waals surface area contributed by atoms with Crippen LogP contribution in [0.5, 0.6) is 0 Å². The minimum absolute atomic E-state index is 0.502. The van der Waals surface area contributed by atoms with Crippen molar-refractivity contribution in [2.24, 2.45) is 0 Å². The Labute approximate surface area is 139 Å². The Hall–Kier alpha value is -0.650. The second kappa shape index (κ2) is 8.11. The van der Waals surface area contributed by atoms with Crippen molar-refractivity contribution in [1.82, 2.24) is 15.1 Å². The monoisotopic (exact) mass is 369 g/mol. The topological polar surface area (TPSA) is 29.9 Å². The molecule has 3 nitrogen and oxygen atoms in total. The van der Waals surface area contributed by atoms with Crippen molar-refractivity contribution in [3.63, 3.8) is 0 Å². The third kappa shape index (κ3) is 4.41. The van der Waals surface area contributed by atoms with Crippen LogP contribution in [-0.4, -0.2) is 22.9 Å². The highest BCUT2D eigenvalue weighted by molar-refractivity contribution is 9.10. The van der Waals surface area contributed by atoms with Gasteiger partial charge in [-0.3, -0.25) is 4.68 Å². The third-order valence-corrected chi connectivity index (χ3v) is 5.82. The van der Waals surface area contributed by atoms with E-state index in [2.05, 4.69) is 69.4 Å². The van der Waals surface area contributed by atoms with Gasteiger partial charge in [-0.1, -0.05) is 6.07 Å². The van der Waals surface area contributed by atoms with E-state index in [4.69, 9.17) is 0 Å². The van der Waals surface area contributed by atoms with Crippen LogP contribution in [0.15, 0.2) is 22.0 Å². The lowest BCUT2D eigenvalue weighted by molar-refractivity contribution is 0.480. The summed E-state index contributed by atoms with van der Waals surface area (Å²) in [5.74, 6) is 0. The van der Waals surface area contributed by atoms with Crippen molar-refractivity contribution < 1.29 is 0 Å². The number of likely N-dealkylation sites (N-methyl/N-ethyl adjacent to an activating group) is 1. The Bertz CT molecular complexity index is 548. The standard InChI is InChI=1S/C16H24BrN3S/c1-4-20-15(16(17)12(2)19-20)11-13(18-3)7-5-8-14-9-6-10-21-14/h6,9-10,13,18H,4-5,7-8,11H2,1-3H3. The van der Waals surface area contributed by atoms with Crippen LogP contribution in [-0.2, 0) is 19.4 Å². The molecule has 21 heavy (non-hydrogen) atoms. The molecule has 0 amide bonds. The molecule has 116 valence electrons. The van der Waals surface area contributed by atoms with E-state index in [1.165, 1.54) is 34.3 Å². The van der Waals surface area contributed by atoms with E-state index in [-0.39, 0.29) is 0 Å². The minimum Gasteiger partial charge on any atom is -0.317 e. The van der Waals surface area contributed by atoms with Gasteiger partial charge in [0, 0.05) is 23.9 Å². The first-order chi connectivity index (χ1) is 10.2. The quantitative estimate of drug-likeness (QED) is 0.755. The molecule has 2 aromatic heterocycles. The molecule has 5 heteroatoms. The first-order valence-corrected chi connectivity index (χ1v) is 9.24. The van der Waals surface area contributed by atoms with Crippen LogP contribution in [0.2, 0.25) is 0 Å². The number of nitrogens with one attached hydrogen (secondary N) is 1. The highest BCUT2D eigenvalue weighted by Crippen LogP contribution is 2.23. The zero-order chi connectivity index (χ0) is 15.2. The van der Waals surface area contributed by atoms with Crippen LogP contribution in [0.1, 0.15) is 36.0 Å². The number of hydrogen-bond acceptors (Lipinski definition) is 3. The van der Waals surface area contributed by atoms with Gasteiger partial charge in [-0.15, -0.1) is 11.3 Å². The summed E-state index contributed by atoms with van der Waals surface area (Å²) in [6.07, 6.45) is 4.62. The van der Waals surface area contributed by atoms with Gasteiger partial charge in [0.1, 0.15) is 0 Å². The summed E-state index contributed by atoms with van der Waals surface area (Å²) in [5.41, 5.74) is 2.39. The van der Waals surface area contributed by atoms with Gasteiger partial charge in [-0.25, -0.2) is 0 Å². The Balaban J connectivity index is 1.92. The molecule has 0 aliphatic rings. The first kappa shape index (κ1) is 16.7. The van der Waals surface area contributed by atoms with Crippen LogP contribution in [0, 0.1) is 6.92 Å². The number of hydrogen-bond donors (Lipinski definition) is 1. The van der Waals surface area contributed by atoms with Crippen molar-refractivity contribution in [2.75, 3.05) is 7.05 Å². The van der Waals surface area contributed by atoms with Crippen molar-refractivity contribution >= 4 is 27.3 Å². The Morgan fingerprint density at radius 1 is 1.48 bits per heavy atom. The molecule has 0 saturated heterocycles. The largest absolute Gasteiger partial charge is 0.317 e. The maximum Gasteiger partial charge on any atom is 0.0738 e. The van der Waals surface area contributed by atoms with Gasteiger partial charge in [0.15, 0.2) is 0 Å². The summed E-state index contributed by atoms with van der Waals surface area (Å²) in [7, 11) is 2.06. The van der Waals surface area contributed by atoms with Gasteiger partial charge in [-0.2, -0.15) is 5.10 Å². The number of rotatable bonds is 8. The summed E-state index contributed by atoms with van der Waals surface area (Å²) >= 11 is 5.55. The van der Waals surface area contributed by atoms with Crippen LogP contribution in [0.3, 0.4) is 0 Å². The zero-order valence-corrected chi connectivity index (χ0v) is 15.4. The Morgan fingerprint density at radius 2 is 2.29 bits per heavy atom. The molecule has 1 atom stereocenters. The summed E-state index contributed by atoms with van der Waals surface area (Å²) in [5, 5.41) is 10.2. The lowest BCUT2D eigenvalue weighted by Crippen LogP contribution is -2.29. The molecule has 0 radical (unpaired) electrons. The number of aromatic nitrogens is 2. The zero-order valence-electron chi connectivity index (χ0n) is 13.0. The molecule has 1 unspecified atom stereocenters. The molecule has 0 aliphatic carbocycles. The van der Waals surface area contributed by atoms with Crippen LogP contribution < -0.4 is 5.32 Å². The van der Waals surface area contributed by atoms with Crippen LogP contribution in [0.25, 0.3) is 0 Å². The lowest BCUT2D eigenvalue weighted by atomic mass is 10.0. The van der Waals surface area contributed by atoms with Gasteiger partial charge in [-0.05, 0) is 67.5 Å². The second-order valence-corrected chi connectivity index (χ2v) is 7.15. The van der Waals surface area contributed by atoms with Gasteiger partial charge >= 0.3 is 0 Å². The predicted molar refractivity (Wildman–Crippen MR) is 94.1 cm³/mol. The summed E-state index contributed by atoms with van der Waals surface area (Å²) in [4.78, 5) is 1.49. The number of thiophene rings is 1. The molecule has 2 heterocycles. The SMILES string of the molecule is CCn1nc(C)c(Br)c1CC(CCCc1cccs1)NC. The maximum atomic E-state index is 4.58. The molecule has 0 aromatic carbocycles. The third-order valence-electron chi connectivity index (χ3n) is 3.86. The molecule has 1 N–H and O–H groups in total. The molecular weight excluding hydrogens is 346 g/mol. The summed E-state index contributed by atoms with van der Waals surface area (Å²) < 4.78 is 3.28. The highest BCUT2D eigenvalue weighted by atomic mass is 79.9. The van der Waals surface area contributed by atoms with E-state index >= 15 is 0 Å². The molecule has 2 rings (SSSR count). The fourth-order valence-electron chi connectivity index (χ4n) is 2.62. The fourth-order valence-corrected chi connectivity index (χ4v) is 3.82. The van der Waals surface area contributed by atoms with E-state index in [1.54, 1.807) is 0 Å². The number of nitrogens with zero attached hydrogens (tertiary/aromatic N) is 2. The second-order valence-electron chi connectivity index (χ2n) is 5.32. The lowest BCUT2D eigenvalue weighted by Gasteiger charge is -2.17. The van der Waals surface area contributed by atoms with Crippen molar-refractivity contribution in [1.29, 1.82) is 0 Å². The van der Waals surface area contributed by atoms with E-state index in [0.717, 1.165) is 18.7 Å². The van der Waals surface area contributed by atoms with Gasteiger partial charge in [0.05, 0.1) is 15.9 Å². The Kier molecular flexibility index (Phi) is 6.45. The summed E-state index contributed by atoms with van der Waals surface area (Å²) in [6, 6.07) is 4.86. The predicted octanol–water partition coefficient (Wildman–Crippen LogP) is 4.19. The minimum atomic E-state index is 0.502. The van der Waals surface area contributed by atoms with E-state index in [1.807, 2.05) is 11.3 Å². The number of halogens is 1. The van der Waals surface area contributed by atoms with Gasteiger partial charge in [0.2, 0.25) is 0 Å². The fraction of sp³-hybridized carbons (Fsp3) is 0.562. The molecule has 2 aromatic rings. The molecule has 0 saturated carbocycles. The average molecular weight is 370 g/mol.